The molecule has 3 aromatic rings. The van der Waals surface area contributed by atoms with Crippen LogP contribution in [0.5, 0.6) is 0 Å². The van der Waals surface area contributed by atoms with Crippen molar-refractivity contribution in [2.24, 2.45) is 0 Å². The van der Waals surface area contributed by atoms with E-state index in [-0.39, 0.29) is 10.9 Å². The lowest BCUT2D eigenvalue weighted by atomic mass is 10.3. The molecule has 0 amide bonds. The highest BCUT2D eigenvalue weighted by atomic mass is 35.5. The van der Waals surface area contributed by atoms with E-state index < -0.39 is 5.82 Å². The molecule has 0 bridgehead atoms. The van der Waals surface area contributed by atoms with E-state index in [0.29, 0.717) is 22.7 Å². The molecular formula is C13H8Cl2FN3. The summed E-state index contributed by atoms with van der Waals surface area (Å²) in [6.45, 7) is 0. The van der Waals surface area contributed by atoms with Crippen LogP contribution in [0.4, 0.5) is 4.39 Å². The smallest absolute Gasteiger partial charge is 0.164 e. The van der Waals surface area contributed by atoms with Gasteiger partial charge >= 0.3 is 0 Å². The minimum atomic E-state index is -0.488. The van der Waals surface area contributed by atoms with Crippen molar-refractivity contribution in [3.63, 3.8) is 0 Å². The highest BCUT2D eigenvalue weighted by Crippen LogP contribution is 2.24. The van der Waals surface area contributed by atoms with Gasteiger partial charge in [-0.1, -0.05) is 11.6 Å². The lowest BCUT2D eigenvalue weighted by molar-refractivity contribution is 0.627. The average Bonchev–Trinajstić information content (AvgIpc) is 2.80. The van der Waals surface area contributed by atoms with E-state index in [4.69, 9.17) is 23.2 Å². The zero-order chi connectivity index (χ0) is 13.4. The number of pyridine rings is 1. The summed E-state index contributed by atoms with van der Waals surface area (Å²) < 4.78 is 15.3. The van der Waals surface area contributed by atoms with Crippen molar-refractivity contribution in [3.8, 4) is 5.69 Å². The van der Waals surface area contributed by atoms with Gasteiger partial charge in [-0.15, -0.1) is 11.6 Å². The summed E-state index contributed by atoms with van der Waals surface area (Å²) >= 11 is 11.6. The zero-order valence-electron chi connectivity index (χ0n) is 9.65. The van der Waals surface area contributed by atoms with Crippen LogP contribution in [0, 0.1) is 5.82 Å². The monoisotopic (exact) mass is 295 g/mol. The van der Waals surface area contributed by atoms with Crippen molar-refractivity contribution < 1.29 is 4.39 Å². The number of nitrogens with zero attached hydrogens (tertiary/aromatic N) is 3. The van der Waals surface area contributed by atoms with Gasteiger partial charge in [-0.2, -0.15) is 0 Å². The molecule has 3 nitrogen and oxygen atoms in total. The number of rotatable bonds is 2. The minimum Gasteiger partial charge on any atom is -0.280 e. The summed E-state index contributed by atoms with van der Waals surface area (Å²) in [7, 11) is 0. The molecule has 0 fully saturated rings. The Labute approximate surface area is 118 Å². The van der Waals surface area contributed by atoms with Gasteiger partial charge in [0.1, 0.15) is 17.2 Å². The van der Waals surface area contributed by atoms with Gasteiger partial charge < -0.3 is 0 Å². The molecule has 1 aromatic carbocycles. The first kappa shape index (κ1) is 12.4. The zero-order valence-corrected chi connectivity index (χ0v) is 11.2. The second-order valence-corrected chi connectivity index (χ2v) is 4.62. The van der Waals surface area contributed by atoms with E-state index in [1.54, 1.807) is 22.9 Å². The number of hydrogen-bond donors (Lipinski definition) is 0. The predicted molar refractivity (Wildman–Crippen MR) is 73.4 cm³/mol. The molecule has 96 valence electrons. The van der Waals surface area contributed by atoms with Gasteiger partial charge in [0.15, 0.2) is 5.65 Å². The summed E-state index contributed by atoms with van der Waals surface area (Å²) in [6.07, 6.45) is 1.66. The summed E-state index contributed by atoms with van der Waals surface area (Å²) in [5, 5.41) is 0.0774. The van der Waals surface area contributed by atoms with Crippen LogP contribution >= 0.6 is 23.2 Å². The van der Waals surface area contributed by atoms with E-state index in [1.807, 2.05) is 6.07 Å². The molecule has 2 heterocycles. The molecule has 19 heavy (non-hydrogen) atoms. The first-order valence-corrected chi connectivity index (χ1v) is 6.45. The molecule has 0 aliphatic carbocycles. The Hall–Kier alpha value is -1.65. The Morgan fingerprint density at radius 1 is 1.26 bits per heavy atom. The van der Waals surface area contributed by atoms with Crippen LogP contribution in [0.15, 0.2) is 36.5 Å². The summed E-state index contributed by atoms with van der Waals surface area (Å²) in [4.78, 5) is 8.64. The fourth-order valence-electron chi connectivity index (χ4n) is 1.94. The normalized spacial score (nSPS) is 11.1. The van der Waals surface area contributed by atoms with Gasteiger partial charge in [0.05, 0.1) is 16.6 Å². The Kier molecular flexibility index (Phi) is 3.12. The molecule has 2 aromatic heterocycles. The van der Waals surface area contributed by atoms with Gasteiger partial charge in [0, 0.05) is 6.20 Å². The molecule has 0 radical (unpaired) electrons. The quantitative estimate of drug-likeness (QED) is 0.670. The number of halogens is 3. The van der Waals surface area contributed by atoms with Crippen molar-refractivity contribution in [1.29, 1.82) is 0 Å². The molecule has 0 unspecified atom stereocenters. The Morgan fingerprint density at radius 2 is 2.11 bits per heavy atom. The molecule has 0 atom stereocenters. The summed E-state index contributed by atoms with van der Waals surface area (Å²) in [5.41, 5.74) is 1.95. The van der Waals surface area contributed by atoms with Gasteiger partial charge in [-0.25, -0.2) is 14.4 Å². The number of hydrogen-bond acceptors (Lipinski definition) is 2. The van der Waals surface area contributed by atoms with Gasteiger partial charge in [-0.05, 0) is 30.3 Å². The van der Waals surface area contributed by atoms with E-state index in [2.05, 4.69) is 9.97 Å². The van der Waals surface area contributed by atoms with Crippen LogP contribution < -0.4 is 0 Å². The van der Waals surface area contributed by atoms with E-state index in [9.17, 15) is 4.39 Å². The van der Waals surface area contributed by atoms with Crippen molar-refractivity contribution in [2.75, 3.05) is 0 Å². The number of fused-ring (bicyclic) bond motifs is 1. The fraction of sp³-hybridized carbons (Fsp3) is 0.0769. The SMILES string of the molecule is Fc1cc(-n2c(CCl)nc3cccnc32)ccc1Cl. The maximum atomic E-state index is 13.6. The molecule has 0 saturated carbocycles. The summed E-state index contributed by atoms with van der Waals surface area (Å²) in [5.74, 6) is 0.329. The number of alkyl halides is 1. The van der Waals surface area contributed by atoms with Crippen LogP contribution in [-0.2, 0) is 5.88 Å². The van der Waals surface area contributed by atoms with Gasteiger partial charge in [-0.3, -0.25) is 4.57 Å². The molecular weight excluding hydrogens is 288 g/mol. The van der Waals surface area contributed by atoms with Gasteiger partial charge in [0.2, 0.25) is 0 Å². The maximum Gasteiger partial charge on any atom is 0.164 e. The van der Waals surface area contributed by atoms with Crippen molar-refractivity contribution in [1.82, 2.24) is 14.5 Å². The maximum absolute atomic E-state index is 13.6. The Morgan fingerprint density at radius 3 is 2.84 bits per heavy atom. The van der Waals surface area contributed by atoms with Crippen LogP contribution in [-0.4, -0.2) is 14.5 Å². The van der Waals surface area contributed by atoms with Crippen LogP contribution in [0.25, 0.3) is 16.9 Å². The number of aromatic nitrogens is 3. The third kappa shape index (κ3) is 2.07. The van der Waals surface area contributed by atoms with Crippen molar-refractivity contribution >= 4 is 34.4 Å². The lowest BCUT2D eigenvalue weighted by Gasteiger charge is -2.07. The van der Waals surface area contributed by atoms with Crippen molar-refractivity contribution in [3.05, 3.63) is 53.2 Å². The highest BCUT2D eigenvalue weighted by Gasteiger charge is 2.13. The van der Waals surface area contributed by atoms with E-state index in [0.717, 1.165) is 0 Å². The minimum absolute atomic E-state index is 0.0774. The van der Waals surface area contributed by atoms with Crippen LogP contribution in [0.2, 0.25) is 5.02 Å². The van der Waals surface area contributed by atoms with Crippen LogP contribution in [0.3, 0.4) is 0 Å². The fourth-order valence-corrected chi connectivity index (χ4v) is 2.24. The molecule has 0 N–H and O–H groups in total. The second kappa shape index (κ2) is 4.79. The molecule has 0 spiro atoms. The van der Waals surface area contributed by atoms with E-state index in [1.165, 1.54) is 12.1 Å². The molecule has 0 saturated heterocycles. The highest BCUT2D eigenvalue weighted by molar-refractivity contribution is 6.30. The average molecular weight is 296 g/mol. The third-order valence-electron chi connectivity index (χ3n) is 2.77. The first-order chi connectivity index (χ1) is 9.20. The first-order valence-electron chi connectivity index (χ1n) is 5.54. The van der Waals surface area contributed by atoms with E-state index >= 15 is 0 Å². The predicted octanol–water partition coefficient (Wildman–Crippen LogP) is 3.95. The summed E-state index contributed by atoms with van der Waals surface area (Å²) in [6, 6.07) is 8.17. The largest absolute Gasteiger partial charge is 0.280 e. The van der Waals surface area contributed by atoms with Crippen molar-refractivity contribution in [2.45, 2.75) is 5.88 Å². The molecule has 3 rings (SSSR count). The number of imidazole rings is 1. The Balaban J connectivity index is 2.31. The third-order valence-corrected chi connectivity index (χ3v) is 3.31. The van der Waals surface area contributed by atoms with Crippen LogP contribution in [0.1, 0.15) is 5.82 Å². The molecule has 6 heteroatoms. The molecule has 0 aliphatic rings. The second-order valence-electron chi connectivity index (χ2n) is 3.94. The standard InChI is InChI=1S/C13H8Cl2FN3/c14-7-12-18-11-2-1-5-17-13(11)19(12)8-3-4-9(15)10(16)6-8/h1-6H,7H2. The van der Waals surface area contributed by atoms with Gasteiger partial charge in [0.25, 0.3) is 0 Å². The number of benzene rings is 1. The Bertz CT molecular complexity index is 755. The lowest BCUT2D eigenvalue weighted by Crippen LogP contribution is -2.00. The molecule has 0 aliphatic heterocycles. The topological polar surface area (TPSA) is 30.7 Å².